The van der Waals surface area contributed by atoms with Gasteiger partial charge in [0.1, 0.15) is 0 Å². The fraction of sp³-hybridized carbons (Fsp3) is 1.00. The molecule has 0 bridgehead atoms. The molecule has 0 saturated carbocycles. The fourth-order valence-corrected chi connectivity index (χ4v) is 4.40. The van der Waals surface area contributed by atoms with Gasteiger partial charge in [0, 0.05) is 32.0 Å². The van der Waals surface area contributed by atoms with Gasteiger partial charge in [0.15, 0.2) is 5.79 Å². The number of unbranched alkanes of at least 4 members (excludes halogenated alkanes) is 5. The number of hydrogen-bond acceptors (Lipinski definition) is 2. The van der Waals surface area contributed by atoms with Gasteiger partial charge in [-0.25, -0.2) is 0 Å². The number of halogens is 17. The summed E-state index contributed by atoms with van der Waals surface area (Å²) in [7, 11) is 0. The number of alkyl halides is 17. The lowest BCUT2D eigenvalue weighted by Crippen LogP contribution is -2.74. The van der Waals surface area contributed by atoms with Gasteiger partial charge in [-0.2, -0.15) is 74.6 Å². The average Bonchev–Trinajstić information content (AvgIpc) is 2.93. The second-order valence-corrected chi connectivity index (χ2v) is 11.1. The van der Waals surface area contributed by atoms with Crippen molar-refractivity contribution in [3.63, 3.8) is 0 Å². The van der Waals surface area contributed by atoms with Crippen LogP contribution < -0.4 is 0 Å². The molecule has 278 valence electrons. The molecular weight excluding hydrogens is 679 g/mol. The molecular formula is C27H39F17O2. The van der Waals surface area contributed by atoms with Crippen molar-refractivity contribution in [2.75, 3.05) is 13.2 Å². The third-order valence-corrected chi connectivity index (χ3v) is 7.42. The van der Waals surface area contributed by atoms with Crippen molar-refractivity contribution in [1.82, 2.24) is 0 Å². The Morgan fingerprint density at radius 2 is 0.804 bits per heavy atom. The van der Waals surface area contributed by atoms with E-state index in [0.717, 1.165) is 25.7 Å². The van der Waals surface area contributed by atoms with Gasteiger partial charge < -0.3 is 9.47 Å². The quantitative estimate of drug-likeness (QED) is 0.0595. The highest BCUT2D eigenvalue weighted by atomic mass is 19.4. The average molecular weight is 719 g/mol. The van der Waals surface area contributed by atoms with E-state index >= 15 is 0 Å². The van der Waals surface area contributed by atoms with E-state index in [1.165, 1.54) is 20.8 Å². The summed E-state index contributed by atoms with van der Waals surface area (Å²) < 4.78 is 244. The van der Waals surface area contributed by atoms with Crippen LogP contribution in [0.1, 0.15) is 98.3 Å². The molecule has 0 rings (SSSR count). The third-order valence-electron chi connectivity index (χ3n) is 7.42. The topological polar surface area (TPSA) is 18.5 Å². The van der Waals surface area contributed by atoms with Crippen LogP contribution in [0.2, 0.25) is 0 Å². The van der Waals surface area contributed by atoms with E-state index < -0.39 is 72.2 Å². The van der Waals surface area contributed by atoms with Gasteiger partial charge in [0.25, 0.3) is 0 Å². The van der Waals surface area contributed by atoms with Gasteiger partial charge in [-0.15, -0.1) is 0 Å². The predicted molar refractivity (Wildman–Crippen MR) is 132 cm³/mol. The molecule has 0 aromatic rings. The first-order valence-corrected chi connectivity index (χ1v) is 14.6. The number of rotatable bonds is 23. The number of ether oxygens (including phenoxy) is 2. The van der Waals surface area contributed by atoms with Crippen LogP contribution in [0, 0.1) is 5.92 Å². The normalized spacial score (nSPS) is 15.8. The molecule has 1 unspecified atom stereocenters. The maximum atomic E-state index is 14.8. The highest BCUT2D eigenvalue weighted by Crippen LogP contribution is 2.64. The first-order valence-electron chi connectivity index (χ1n) is 14.6. The second kappa shape index (κ2) is 16.0. The molecule has 0 fully saturated rings. The van der Waals surface area contributed by atoms with Crippen LogP contribution in [-0.4, -0.2) is 66.6 Å². The Labute approximate surface area is 255 Å². The van der Waals surface area contributed by atoms with E-state index in [-0.39, 0.29) is 32.5 Å². The Morgan fingerprint density at radius 1 is 0.435 bits per heavy atom. The lowest BCUT2D eigenvalue weighted by molar-refractivity contribution is -0.462. The molecule has 0 spiro atoms. The van der Waals surface area contributed by atoms with E-state index in [9.17, 15) is 74.6 Å². The molecule has 0 aromatic heterocycles. The smallest absolute Gasteiger partial charge is 0.350 e. The van der Waals surface area contributed by atoms with E-state index in [4.69, 9.17) is 9.47 Å². The summed E-state index contributed by atoms with van der Waals surface area (Å²) in [6.45, 7) is 5.79. The van der Waals surface area contributed by atoms with E-state index in [2.05, 4.69) is 0 Å². The summed E-state index contributed by atoms with van der Waals surface area (Å²) in [6.07, 6.45) is -6.89. The number of hydrogen-bond donors (Lipinski definition) is 0. The van der Waals surface area contributed by atoms with Crippen LogP contribution in [0.15, 0.2) is 0 Å². The van der Waals surface area contributed by atoms with E-state index in [1.54, 1.807) is 0 Å². The Morgan fingerprint density at radius 3 is 1.20 bits per heavy atom. The molecule has 2 nitrogen and oxygen atoms in total. The molecule has 0 aliphatic heterocycles. The molecule has 0 radical (unpaired) electrons. The summed E-state index contributed by atoms with van der Waals surface area (Å²) >= 11 is 0. The maximum Gasteiger partial charge on any atom is 0.460 e. The van der Waals surface area contributed by atoms with Crippen LogP contribution in [0.4, 0.5) is 74.6 Å². The van der Waals surface area contributed by atoms with Gasteiger partial charge in [-0.1, -0.05) is 66.2 Å². The first-order chi connectivity index (χ1) is 20.6. The first kappa shape index (κ1) is 44.7. The SMILES string of the molecule is CCCCCCCCC(C)C(CCC(F)(F)C(F)(F)C(F)(F)C(F)(F)C(F)(F)C(F)(F)C(F)(F)C(F)(F)F)(OCCC)OCCC. The molecule has 0 aliphatic carbocycles. The lowest BCUT2D eigenvalue weighted by Gasteiger charge is -2.44. The summed E-state index contributed by atoms with van der Waals surface area (Å²) in [4.78, 5) is 0. The summed E-state index contributed by atoms with van der Waals surface area (Å²) in [6, 6.07) is 0. The molecule has 0 aliphatic rings. The van der Waals surface area contributed by atoms with Crippen molar-refractivity contribution in [2.24, 2.45) is 5.92 Å². The fourth-order valence-electron chi connectivity index (χ4n) is 4.40. The van der Waals surface area contributed by atoms with Crippen molar-refractivity contribution in [1.29, 1.82) is 0 Å². The zero-order valence-corrected chi connectivity index (χ0v) is 25.5. The molecule has 0 N–H and O–H groups in total. The zero-order chi connectivity index (χ0) is 36.7. The van der Waals surface area contributed by atoms with Crippen molar-refractivity contribution in [2.45, 2.75) is 152 Å². The zero-order valence-electron chi connectivity index (χ0n) is 25.5. The molecule has 19 heteroatoms. The Hall–Kier alpha value is -1.27. The van der Waals surface area contributed by atoms with Gasteiger partial charge in [0.05, 0.1) is 0 Å². The highest BCUT2D eigenvalue weighted by Gasteiger charge is 2.95. The summed E-state index contributed by atoms with van der Waals surface area (Å²) in [5.74, 6) is -59.7. The second-order valence-electron chi connectivity index (χ2n) is 11.1. The maximum absolute atomic E-state index is 14.8. The molecule has 46 heavy (non-hydrogen) atoms. The van der Waals surface area contributed by atoms with Crippen LogP contribution in [0.3, 0.4) is 0 Å². The lowest BCUT2D eigenvalue weighted by atomic mass is 9.85. The van der Waals surface area contributed by atoms with Gasteiger partial charge in [-0.3, -0.25) is 0 Å². The molecule has 1 atom stereocenters. The van der Waals surface area contributed by atoms with Gasteiger partial charge >= 0.3 is 47.6 Å². The minimum absolute atomic E-state index is 0.129. The van der Waals surface area contributed by atoms with Gasteiger partial charge in [-0.05, 0) is 19.3 Å². The third kappa shape index (κ3) is 8.65. The van der Waals surface area contributed by atoms with Crippen molar-refractivity contribution in [3.05, 3.63) is 0 Å². The van der Waals surface area contributed by atoms with Crippen molar-refractivity contribution < 1.29 is 84.1 Å². The van der Waals surface area contributed by atoms with Crippen molar-refractivity contribution in [3.8, 4) is 0 Å². The monoisotopic (exact) mass is 718 g/mol. The molecule has 0 heterocycles. The predicted octanol–water partition coefficient (Wildman–Crippen LogP) is 11.7. The molecule has 0 saturated heterocycles. The minimum atomic E-state index is -8.65. The van der Waals surface area contributed by atoms with Crippen LogP contribution in [0.5, 0.6) is 0 Å². The van der Waals surface area contributed by atoms with Crippen molar-refractivity contribution >= 4 is 0 Å². The van der Waals surface area contributed by atoms with Gasteiger partial charge in [0.2, 0.25) is 0 Å². The summed E-state index contributed by atoms with van der Waals surface area (Å²) in [5, 5.41) is 0. The largest absolute Gasteiger partial charge is 0.460 e. The van der Waals surface area contributed by atoms with Crippen LogP contribution in [-0.2, 0) is 9.47 Å². The Bertz CT molecular complexity index is 895. The van der Waals surface area contributed by atoms with E-state index in [0.29, 0.717) is 12.8 Å². The molecule has 0 aromatic carbocycles. The van der Waals surface area contributed by atoms with E-state index in [1.807, 2.05) is 6.92 Å². The summed E-state index contributed by atoms with van der Waals surface area (Å²) in [5.41, 5.74) is 0. The standard InChI is InChI=1S/C27H39F17O2/c1-5-8-9-10-11-12-13-18(4)19(45-16-6-2,46-17-7-3)14-15-20(28,29)21(30,31)22(32,33)23(34,35)24(36,37)25(38,39)26(40,41)27(42,43)44/h18H,5-17H2,1-4H3. The molecule has 0 amide bonds. The minimum Gasteiger partial charge on any atom is -0.350 e. The van der Waals surface area contributed by atoms with Crippen LogP contribution in [0.25, 0.3) is 0 Å². The Kier molecular flexibility index (Phi) is 15.5. The highest BCUT2D eigenvalue weighted by molar-refractivity contribution is 5.15. The Balaban J connectivity index is 6.56. The van der Waals surface area contributed by atoms with Crippen LogP contribution >= 0.6 is 0 Å².